The maximum absolute atomic E-state index is 13.0. The third kappa shape index (κ3) is 8.16. The van der Waals surface area contributed by atoms with Crippen LogP contribution in [-0.2, 0) is 26.2 Å². The summed E-state index contributed by atoms with van der Waals surface area (Å²) >= 11 is 3.40. The molecule has 6 N–H and O–H groups in total. The maximum Gasteiger partial charge on any atom is 0.303 e. The Labute approximate surface area is 278 Å². The number of nitrogens with two attached hydrogens (primary N) is 1. The van der Waals surface area contributed by atoms with Crippen molar-refractivity contribution in [3.63, 3.8) is 0 Å². The Morgan fingerprint density at radius 1 is 1.13 bits per heavy atom. The number of carbonyl (C=O) groups excluding carboxylic acids is 2. The van der Waals surface area contributed by atoms with Gasteiger partial charge in [-0.2, -0.15) is 0 Å². The lowest BCUT2D eigenvalue weighted by molar-refractivity contribution is -0.155. The number of esters is 1. The smallest absolute Gasteiger partial charge is 0.303 e. The van der Waals surface area contributed by atoms with Gasteiger partial charge in [0.1, 0.15) is 0 Å². The number of allylic oxidation sites excluding steroid dienone is 2. The second-order valence-corrected chi connectivity index (χ2v) is 13.4. The maximum atomic E-state index is 13.0. The Balaban J connectivity index is 0.000000370. The highest BCUT2D eigenvalue weighted by Gasteiger charge is 2.67. The van der Waals surface area contributed by atoms with Gasteiger partial charge in [-0.25, -0.2) is 0 Å². The van der Waals surface area contributed by atoms with Crippen LogP contribution in [0.25, 0.3) is 0 Å². The number of alkyl halides is 1. The van der Waals surface area contributed by atoms with Crippen LogP contribution in [0.15, 0.2) is 48.7 Å². The fourth-order valence-electron chi connectivity index (χ4n) is 8.47. The van der Waals surface area contributed by atoms with Crippen LogP contribution in [0.3, 0.4) is 0 Å². The third-order valence-corrected chi connectivity index (χ3v) is 11.4. The molecule has 252 valence electrons. The summed E-state index contributed by atoms with van der Waals surface area (Å²) in [4.78, 5) is 24.2. The number of Topliss-reactive ketones (excluding diaryl/α,β-unsaturated/α-hetero) is 1. The molecule has 9 heteroatoms. The lowest BCUT2D eigenvalue weighted by atomic mass is 9.45. The molecule has 0 bridgehead atoms. The lowest BCUT2D eigenvalue weighted by Crippen LogP contribution is -2.65. The molecular formula is C36H56BrN3O5. The second-order valence-electron chi connectivity index (χ2n) is 12.9. The van der Waals surface area contributed by atoms with Crippen LogP contribution in [0.2, 0.25) is 0 Å². The van der Waals surface area contributed by atoms with Crippen LogP contribution >= 0.6 is 15.9 Å². The van der Waals surface area contributed by atoms with Gasteiger partial charge in [0.2, 0.25) is 0 Å². The van der Waals surface area contributed by atoms with Crippen molar-refractivity contribution in [2.24, 2.45) is 34.3 Å². The summed E-state index contributed by atoms with van der Waals surface area (Å²) in [6.07, 6.45) is 8.79. The van der Waals surface area contributed by atoms with Gasteiger partial charge in [0, 0.05) is 31.6 Å². The molecule has 0 amide bonds. The molecular weight excluding hydrogens is 634 g/mol. The molecule has 4 aliphatic carbocycles. The van der Waals surface area contributed by atoms with Crippen molar-refractivity contribution in [2.45, 2.75) is 103 Å². The number of hydrogen-bond donors (Lipinski definition) is 5. The third-order valence-electron chi connectivity index (χ3n) is 10.7. The predicted octanol–water partition coefficient (Wildman–Crippen LogP) is 6.22. The van der Waals surface area contributed by atoms with E-state index in [4.69, 9.17) is 21.0 Å². The van der Waals surface area contributed by atoms with Gasteiger partial charge in [0.15, 0.2) is 12.4 Å². The van der Waals surface area contributed by atoms with Crippen molar-refractivity contribution >= 4 is 33.4 Å². The number of aliphatic hydroxyl groups excluding tert-OH is 2. The van der Waals surface area contributed by atoms with Crippen molar-refractivity contribution in [1.29, 1.82) is 5.41 Å². The van der Waals surface area contributed by atoms with E-state index in [1.165, 1.54) is 23.6 Å². The fraction of sp³-hybridized carbons (Fsp3) is 0.639. The Bertz CT molecular complexity index is 1200. The average Bonchev–Trinajstić information content (AvgIpc) is 3.32. The zero-order chi connectivity index (χ0) is 34.0. The first-order valence-corrected chi connectivity index (χ1v) is 17.4. The summed E-state index contributed by atoms with van der Waals surface area (Å²) in [5.74, 6) is 0.0523. The van der Waals surface area contributed by atoms with Crippen LogP contribution in [0.1, 0.15) is 90.7 Å². The topological polar surface area (TPSA) is 146 Å². The molecule has 7 atom stereocenters. The van der Waals surface area contributed by atoms with Crippen molar-refractivity contribution < 1.29 is 24.5 Å². The molecule has 1 aromatic rings. The van der Waals surface area contributed by atoms with Crippen LogP contribution in [0.4, 0.5) is 0 Å². The second kappa shape index (κ2) is 17.0. The highest BCUT2D eigenvalue weighted by Crippen LogP contribution is 2.67. The van der Waals surface area contributed by atoms with E-state index in [2.05, 4.69) is 65.9 Å². The zero-order valence-corrected chi connectivity index (χ0v) is 29.7. The number of carbonyl (C=O) groups is 2. The largest absolute Gasteiger partial charge is 0.458 e. The van der Waals surface area contributed by atoms with Crippen LogP contribution in [0.5, 0.6) is 0 Å². The Morgan fingerprint density at radius 2 is 1.76 bits per heavy atom. The number of ether oxygens (including phenoxy) is 1. The van der Waals surface area contributed by atoms with Crippen molar-refractivity contribution in [3.05, 3.63) is 59.8 Å². The van der Waals surface area contributed by atoms with E-state index in [0.717, 1.165) is 51.1 Å². The molecule has 45 heavy (non-hydrogen) atoms. The van der Waals surface area contributed by atoms with Gasteiger partial charge in [0.05, 0.1) is 11.6 Å². The van der Waals surface area contributed by atoms with E-state index in [-0.39, 0.29) is 29.6 Å². The quantitative estimate of drug-likeness (QED) is 0.169. The van der Waals surface area contributed by atoms with Crippen LogP contribution in [0, 0.1) is 34.0 Å². The highest BCUT2D eigenvalue weighted by atomic mass is 79.9. The molecule has 0 aliphatic heterocycles. The first-order valence-electron chi connectivity index (χ1n) is 16.2. The Kier molecular flexibility index (Phi) is 14.7. The molecule has 5 rings (SSSR count). The van der Waals surface area contributed by atoms with E-state index in [9.17, 15) is 14.7 Å². The molecule has 1 aromatic carbocycles. The predicted molar refractivity (Wildman–Crippen MR) is 185 cm³/mol. The number of fused-ring (bicyclic) bond motifs is 5. The van der Waals surface area contributed by atoms with E-state index in [0.29, 0.717) is 24.5 Å². The zero-order valence-electron chi connectivity index (χ0n) is 28.1. The average molecular weight is 691 g/mol. The van der Waals surface area contributed by atoms with Crippen LogP contribution in [-0.4, -0.2) is 53.0 Å². The van der Waals surface area contributed by atoms with Gasteiger partial charge >= 0.3 is 5.97 Å². The number of ketones is 1. The van der Waals surface area contributed by atoms with E-state index in [1.54, 1.807) is 6.20 Å². The summed E-state index contributed by atoms with van der Waals surface area (Å²) in [7, 11) is 1.00. The summed E-state index contributed by atoms with van der Waals surface area (Å²) in [6.45, 7) is 13.8. The van der Waals surface area contributed by atoms with Gasteiger partial charge in [-0.3, -0.25) is 9.59 Å². The van der Waals surface area contributed by atoms with E-state index < -0.39 is 23.0 Å². The summed E-state index contributed by atoms with van der Waals surface area (Å²) in [5.41, 5.74) is 9.72. The Morgan fingerprint density at radius 3 is 2.33 bits per heavy atom. The molecule has 0 spiro atoms. The normalized spacial score (nSPS) is 32.6. The molecule has 8 nitrogen and oxygen atoms in total. The van der Waals surface area contributed by atoms with Gasteiger partial charge in [-0.15, -0.1) is 0 Å². The standard InChI is InChI=1S/C23H34N2O4.C10H12BrN.C2H6.CH4O/c1-13(26)29-12-19(28)23(25)9-7-17-16-5-4-14-10-15(24)6-8-21(14,2)20(16)18(27)11-22(17,23)3;1-2-12-8-10-5-3-9(7-11)4-6-10;2*1-2/h10,16-18,20,24,27H,4-9,11-12,25H2,1-3H3;2-6,12H,1,7-8H2;1-2H3;2H,1H3/t16?,17?,18?,20?,21?,22?,23-;;;/m0.../s1. The fourth-order valence-corrected chi connectivity index (χ4v) is 8.84. The lowest BCUT2D eigenvalue weighted by Gasteiger charge is -2.60. The summed E-state index contributed by atoms with van der Waals surface area (Å²) in [5, 5.41) is 30.4. The summed E-state index contributed by atoms with van der Waals surface area (Å²) in [6, 6.07) is 8.48. The minimum Gasteiger partial charge on any atom is -0.458 e. The number of nitrogens with one attached hydrogen (secondary N) is 2. The number of aliphatic hydroxyl groups is 2. The van der Waals surface area contributed by atoms with Gasteiger partial charge in [-0.05, 0) is 96.9 Å². The van der Waals surface area contributed by atoms with E-state index in [1.807, 2.05) is 19.9 Å². The first kappa shape index (κ1) is 38.9. The minimum absolute atomic E-state index is 0.0736. The van der Waals surface area contributed by atoms with Gasteiger partial charge in [-0.1, -0.05) is 80.0 Å². The van der Waals surface area contributed by atoms with E-state index >= 15 is 0 Å². The SMILES string of the molecule is C=CNCc1ccc(CBr)cc1.CC.CC(=O)OCC(=O)[C@@]1(N)CCC2C3CCC4=CC(=N)CCC4(C)C3C(O)CC21C.CO. The molecule has 4 aliphatic rings. The van der Waals surface area contributed by atoms with Crippen molar-refractivity contribution in [2.75, 3.05) is 13.7 Å². The molecule has 3 saturated carbocycles. The van der Waals surface area contributed by atoms with Crippen molar-refractivity contribution in [3.8, 4) is 0 Å². The van der Waals surface area contributed by atoms with Crippen molar-refractivity contribution in [1.82, 2.24) is 5.32 Å². The molecule has 0 aromatic heterocycles. The van der Waals surface area contributed by atoms with Gasteiger partial charge in [0.25, 0.3) is 0 Å². The number of benzene rings is 1. The Hall–Kier alpha value is -2.33. The number of rotatable bonds is 7. The number of hydrogen-bond acceptors (Lipinski definition) is 8. The number of halogens is 1. The summed E-state index contributed by atoms with van der Waals surface area (Å²) < 4.78 is 4.98. The molecule has 0 saturated heterocycles. The minimum atomic E-state index is -1.06. The molecule has 0 radical (unpaired) electrons. The van der Waals surface area contributed by atoms with Gasteiger partial charge < -0.3 is 31.4 Å². The molecule has 3 fully saturated rings. The monoisotopic (exact) mass is 689 g/mol. The highest BCUT2D eigenvalue weighted by molar-refractivity contribution is 9.08. The molecule has 6 unspecified atom stereocenters. The first-order chi connectivity index (χ1) is 21.4. The molecule has 0 heterocycles. The van der Waals surface area contributed by atoms with Crippen LogP contribution < -0.4 is 11.1 Å².